The van der Waals surface area contributed by atoms with Gasteiger partial charge in [-0.25, -0.2) is 0 Å². The van der Waals surface area contributed by atoms with Crippen LogP contribution in [-0.2, 0) is 15.8 Å². The summed E-state index contributed by atoms with van der Waals surface area (Å²) in [5, 5.41) is 2.37. The van der Waals surface area contributed by atoms with Crippen molar-refractivity contribution in [2.75, 3.05) is 31.5 Å². The lowest BCUT2D eigenvalue weighted by Gasteiger charge is -2.37. The SMILES string of the molecule is CC(=O)N1CCN([C@H](C)C(=O)Nc2ccccc2C(F)(F)F)CC1. The molecule has 0 spiro atoms. The number of halogens is 3. The lowest BCUT2D eigenvalue weighted by molar-refractivity contribution is -0.137. The van der Waals surface area contributed by atoms with Gasteiger partial charge in [-0.1, -0.05) is 12.1 Å². The first-order chi connectivity index (χ1) is 11.2. The van der Waals surface area contributed by atoms with Crippen LogP contribution in [0, 0.1) is 0 Å². The molecule has 1 aliphatic rings. The van der Waals surface area contributed by atoms with Crippen molar-refractivity contribution in [3.8, 4) is 0 Å². The van der Waals surface area contributed by atoms with Crippen molar-refractivity contribution >= 4 is 17.5 Å². The molecule has 0 saturated carbocycles. The van der Waals surface area contributed by atoms with E-state index in [-0.39, 0.29) is 11.6 Å². The molecule has 1 aromatic carbocycles. The van der Waals surface area contributed by atoms with Crippen molar-refractivity contribution in [2.24, 2.45) is 0 Å². The van der Waals surface area contributed by atoms with Crippen LogP contribution in [0.25, 0.3) is 0 Å². The summed E-state index contributed by atoms with van der Waals surface area (Å²) in [5.41, 5.74) is -1.11. The maximum absolute atomic E-state index is 13.0. The van der Waals surface area contributed by atoms with Crippen molar-refractivity contribution in [1.82, 2.24) is 9.80 Å². The molecule has 2 rings (SSSR count). The quantitative estimate of drug-likeness (QED) is 0.915. The number of rotatable bonds is 3. The summed E-state index contributed by atoms with van der Waals surface area (Å²) in [7, 11) is 0. The van der Waals surface area contributed by atoms with Crippen LogP contribution in [-0.4, -0.2) is 53.8 Å². The smallest absolute Gasteiger partial charge is 0.340 e. The highest BCUT2D eigenvalue weighted by Gasteiger charge is 2.34. The minimum absolute atomic E-state index is 0.0224. The monoisotopic (exact) mass is 343 g/mol. The van der Waals surface area contributed by atoms with Crippen LogP contribution in [0.15, 0.2) is 24.3 Å². The molecule has 8 heteroatoms. The van der Waals surface area contributed by atoms with E-state index < -0.39 is 23.7 Å². The summed E-state index contributed by atoms with van der Waals surface area (Å²) in [5.74, 6) is -0.520. The molecule has 0 aliphatic carbocycles. The van der Waals surface area contributed by atoms with Crippen molar-refractivity contribution in [1.29, 1.82) is 0 Å². The molecule has 132 valence electrons. The highest BCUT2D eigenvalue weighted by Crippen LogP contribution is 2.34. The first-order valence-electron chi connectivity index (χ1n) is 7.67. The molecule has 1 aliphatic heterocycles. The zero-order valence-corrected chi connectivity index (χ0v) is 13.6. The Labute approximate surface area is 138 Å². The summed E-state index contributed by atoms with van der Waals surface area (Å²) >= 11 is 0. The van der Waals surface area contributed by atoms with Crippen molar-refractivity contribution in [3.63, 3.8) is 0 Å². The fourth-order valence-electron chi connectivity index (χ4n) is 2.67. The molecule has 1 fully saturated rings. The number of hydrogen-bond acceptors (Lipinski definition) is 3. The topological polar surface area (TPSA) is 52.7 Å². The minimum atomic E-state index is -4.53. The maximum Gasteiger partial charge on any atom is 0.418 e. The Morgan fingerprint density at radius 2 is 1.71 bits per heavy atom. The predicted octanol–water partition coefficient (Wildman–Crippen LogP) is 2.20. The van der Waals surface area contributed by atoms with Crippen LogP contribution in [0.5, 0.6) is 0 Å². The number of carbonyl (C=O) groups excluding carboxylic acids is 2. The molecule has 0 unspecified atom stereocenters. The number of nitrogens with zero attached hydrogens (tertiary/aromatic N) is 2. The van der Waals surface area contributed by atoms with Crippen LogP contribution in [0.3, 0.4) is 0 Å². The molecule has 1 N–H and O–H groups in total. The van der Waals surface area contributed by atoms with E-state index in [0.717, 1.165) is 6.07 Å². The Bertz CT molecular complexity index is 611. The summed E-state index contributed by atoms with van der Waals surface area (Å²) in [6.07, 6.45) is -4.53. The summed E-state index contributed by atoms with van der Waals surface area (Å²) in [6.45, 7) is 5.16. The number of nitrogens with one attached hydrogen (secondary N) is 1. The largest absolute Gasteiger partial charge is 0.418 e. The van der Waals surface area contributed by atoms with Crippen LogP contribution in [0.1, 0.15) is 19.4 Å². The predicted molar refractivity (Wildman–Crippen MR) is 83.4 cm³/mol. The van der Waals surface area contributed by atoms with E-state index in [1.807, 2.05) is 4.90 Å². The van der Waals surface area contributed by atoms with Crippen molar-refractivity contribution < 1.29 is 22.8 Å². The van der Waals surface area contributed by atoms with Crippen LogP contribution < -0.4 is 5.32 Å². The van der Waals surface area contributed by atoms with Crippen molar-refractivity contribution in [3.05, 3.63) is 29.8 Å². The fourth-order valence-corrected chi connectivity index (χ4v) is 2.67. The number of carbonyl (C=O) groups is 2. The lowest BCUT2D eigenvalue weighted by Crippen LogP contribution is -2.53. The second-order valence-corrected chi connectivity index (χ2v) is 5.75. The number of anilines is 1. The van der Waals surface area contributed by atoms with Gasteiger partial charge in [-0.15, -0.1) is 0 Å². The van der Waals surface area contributed by atoms with Gasteiger partial charge in [0.25, 0.3) is 0 Å². The number of hydrogen-bond donors (Lipinski definition) is 1. The first-order valence-corrected chi connectivity index (χ1v) is 7.67. The molecule has 0 radical (unpaired) electrons. The lowest BCUT2D eigenvalue weighted by atomic mass is 10.1. The minimum Gasteiger partial charge on any atom is -0.340 e. The summed E-state index contributed by atoms with van der Waals surface area (Å²) in [6, 6.07) is 4.32. The van der Waals surface area contributed by atoms with Crippen LogP contribution >= 0.6 is 0 Å². The number of piperazine rings is 1. The number of alkyl halides is 3. The standard InChI is InChI=1S/C16H20F3N3O2/c1-11(21-7-9-22(10-8-21)12(2)23)15(24)20-14-6-4-3-5-13(14)16(17,18)19/h3-6,11H,7-10H2,1-2H3,(H,20,24)/t11-/m1/s1. The number of para-hydroxylation sites is 1. The van der Waals surface area contributed by atoms with Gasteiger partial charge in [0, 0.05) is 33.1 Å². The Morgan fingerprint density at radius 1 is 1.12 bits per heavy atom. The molecule has 1 heterocycles. The van der Waals surface area contributed by atoms with Gasteiger partial charge < -0.3 is 10.2 Å². The average molecular weight is 343 g/mol. The van der Waals surface area contributed by atoms with Gasteiger partial charge in [0.2, 0.25) is 11.8 Å². The van der Waals surface area contributed by atoms with Gasteiger partial charge >= 0.3 is 6.18 Å². The molecule has 5 nitrogen and oxygen atoms in total. The molecule has 1 atom stereocenters. The number of benzene rings is 1. The highest BCUT2D eigenvalue weighted by atomic mass is 19.4. The van der Waals surface area contributed by atoms with Crippen LogP contribution in [0.4, 0.5) is 18.9 Å². The van der Waals surface area contributed by atoms with Crippen molar-refractivity contribution in [2.45, 2.75) is 26.1 Å². The molecule has 2 amide bonds. The second kappa shape index (κ2) is 7.21. The average Bonchev–Trinajstić information content (AvgIpc) is 2.53. The van der Waals surface area contributed by atoms with E-state index in [1.165, 1.54) is 25.1 Å². The Hall–Kier alpha value is -2.09. The normalized spacial score (nSPS) is 17.5. The molecular weight excluding hydrogens is 323 g/mol. The third-order valence-electron chi connectivity index (χ3n) is 4.18. The molecule has 0 aromatic heterocycles. The second-order valence-electron chi connectivity index (χ2n) is 5.75. The maximum atomic E-state index is 13.0. The highest BCUT2D eigenvalue weighted by molar-refractivity contribution is 5.95. The molecule has 24 heavy (non-hydrogen) atoms. The van der Waals surface area contributed by atoms with Gasteiger partial charge in [0.1, 0.15) is 0 Å². The van der Waals surface area contributed by atoms with Gasteiger partial charge in [-0.3, -0.25) is 14.5 Å². The van der Waals surface area contributed by atoms with E-state index in [2.05, 4.69) is 5.32 Å². The molecular formula is C16H20F3N3O2. The van der Waals surface area contributed by atoms with E-state index in [9.17, 15) is 22.8 Å². The summed E-state index contributed by atoms with van der Waals surface area (Å²) in [4.78, 5) is 27.1. The third-order valence-corrected chi connectivity index (χ3v) is 4.18. The summed E-state index contributed by atoms with van der Waals surface area (Å²) < 4.78 is 38.9. The zero-order valence-electron chi connectivity index (χ0n) is 13.6. The van der Waals surface area contributed by atoms with E-state index >= 15 is 0 Å². The third kappa shape index (κ3) is 4.25. The van der Waals surface area contributed by atoms with E-state index in [4.69, 9.17) is 0 Å². The van der Waals surface area contributed by atoms with Gasteiger partial charge in [-0.2, -0.15) is 13.2 Å². The molecule has 1 saturated heterocycles. The van der Waals surface area contributed by atoms with Gasteiger partial charge in [0.05, 0.1) is 17.3 Å². The fraction of sp³-hybridized carbons (Fsp3) is 0.500. The Morgan fingerprint density at radius 3 is 2.25 bits per heavy atom. The van der Waals surface area contributed by atoms with E-state index in [0.29, 0.717) is 26.2 Å². The van der Waals surface area contributed by atoms with Gasteiger partial charge in [0.15, 0.2) is 0 Å². The van der Waals surface area contributed by atoms with Crippen LogP contribution in [0.2, 0.25) is 0 Å². The Balaban J connectivity index is 2.02. The molecule has 1 aromatic rings. The zero-order chi connectivity index (χ0) is 17.9. The first kappa shape index (κ1) is 18.3. The number of amides is 2. The van der Waals surface area contributed by atoms with E-state index in [1.54, 1.807) is 11.8 Å². The molecule has 0 bridgehead atoms. The van der Waals surface area contributed by atoms with Gasteiger partial charge in [-0.05, 0) is 19.1 Å². The Kier molecular flexibility index (Phi) is 5.48.